The number of halogens is 2. The van der Waals surface area contributed by atoms with Gasteiger partial charge in [0.25, 0.3) is 0 Å². The van der Waals surface area contributed by atoms with Crippen molar-refractivity contribution in [1.82, 2.24) is 30.1 Å². The predicted molar refractivity (Wildman–Crippen MR) is 122 cm³/mol. The Morgan fingerprint density at radius 1 is 0.848 bits per heavy atom. The quantitative estimate of drug-likeness (QED) is 0.356. The molecule has 33 heavy (non-hydrogen) atoms. The molecule has 4 heterocycles. The van der Waals surface area contributed by atoms with Crippen LogP contribution in [0.5, 0.6) is 0 Å². The van der Waals surface area contributed by atoms with E-state index in [1.165, 1.54) is 24.7 Å². The number of aromatic amines is 2. The zero-order valence-corrected chi connectivity index (χ0v) is 17.0. The number of nitrogens with two attached hydrogens (primary N) is 1. The Kier molecular flexibility index (Phi) is 4.16. The van der Waals surface area contributed by atoms with Gasteiger partial charge in [-0.05, 0) is 18.2 Å². The molecule has 4 N–H and O–H groups in total. The fourth-order valence-electron chi connectivity index (χ4n) is 3.98. The number of imidazole rings is 1. The van der Waals surface area contributed by atoms with Crippen molar-refractivity contribution in [2.45, 2.75) is 0 Å². The molecule has 0 saturated heterocycles. The highest BCUT2D eigenvalue weighted by Crippen LogP contribution is 2.35. The summed E-state index contributed by atoms with van der Waals surface area (Å²) in [5, 5.41) is 7.32. The first-order valence-corrected chi connectivity index (χ1v) is 10.1. The molecular formula is C24H15F2N7. The number of nitrogens with one attached hydrogen (secondary N) is 2. The molecule has 0 radical (unpaired) electrons. The third-order valence-electron chi connectivity index (χ3n) is 5.48. The fraction of sp³-hybridized carbons (Fsp3) is 0. The second kappa shape index (κ2) is 7.20. The van der Waals surface area contributed by atoms with Gasteiger partial charge in [-0.2, -0.15) is 5.10 Å². The molecule has 0 saturated carbocycles. The molecule has 0 aliphatic heterocycles. The van der Waals surface area contributed by atoms with Crippen LogP contribution in [-0.2, 0) is 0 Å². The van der Waals surface area contributed by atoms with Crippen molar-refractivity contribution < 1.29 is 8.78 Å². The number of pyridine rings is 2. The number of anilines is 1. The van der Waals surface area contributed by atoms with Crippen LogP contribution in [0.15, 0.2) is 67.1 Å². The Morgan fingerprint density at radius 2 is 1.70 bits per heavy atom. The molecule has 2 aromatic carbocycles. The van der Waals surface area contributed by atoms with E-state index in [-0.39, 0.29) is 16.9 Å². The SMILES string of the molecule is Nc1cncc(-c2ncc3[nH]nc(-c4nc5c(-c6ccccc6F)cccc5[nH]4)c3c2F)c1. The van der Waals surface area contributed by atoms with Gasteiger partial charge in [0, 0.05) is 29.1 Å². The second-order valence-electron chi connectivity index (χ2n) is 7.56. The van der Waals surface area contributed by atoms with Crippen LogP contribution in [0.1, 0.15) is 0 Å². The first-order chi connectivity index (χ1) is 16.1. The van der Waals surface area contributed by atoms with Crippen LogP contribution in [0.4, 0.5) is 14.5 Å². The molecule has 9 heteroatoms. The van der Waals surface area contributed by atoms with E-state index < -0.39 is 5.82 Å². The van der Waals surface area contributed by atoms with Crippen LogP contribution >= 0.6 is 0 Å². The Balaban J connectivity index is 1.56. The lowest BCUT2D eigenvalue weighted by molar-refractivity contribution is 0.631. The Labute approximate surface area is 185 Å². The molecule has 0 bridgehead atoms. The molecule has 4 aromatic heterocycles. The van der Waals surface area contributed by atoms with E-state index in [1.807, 2.05) is 12.1 Å². The van der Waals surface area contributed by atoms with E-state index in [0.29, 0.717) is 50.4 Å². The van der Waals surface area contributed by atoms with E-state index in [0.717, 1.165) is 0 Å². The van der Waals surface area contributed by atoms with Gasteiger partial charge in [-0.15, -0.1) is 0 Å². The van der Waals surface area contributed by atoms with E-state index in [4.69, 9.17) is 5.73 Å². The lowest BCUT2D eigenvalue weighted by Crippen LogP contribution is -1.94. The number of fused-ring (bicyclic) bond motifs is 2. The van der Waals surface area contributed by atoms with E-state index >= 15 is 4.39 Å². The number of hydrogen-bond acceptors (Lipinski definition) is 5. The first-order valence-electron chi connectivity index (χ1n) is 10.1. The zero-order valence-electron chi connectivity index (χ0n) is 17.0. The Morgan fingerprint density at radius 3 is 2.55 bits per heavy atom. The lowest BCUT2D eigenvalue weighted by atomic mass is 10.0. The summed E-state index contributed by atoms with van der Waals surface area (Å²) in [6.45, 7) is 0. The minimum absolute atomic E-state index is 0.105. The number of rotatable bonds is 3. The van der Waals surface area contributed by atoms with Crippen molar-refractivity contribution >= 4 is 27.6 Å². The number of benzene rings is 2. The van der Waals surface area contributed by atoms with E-state index in [2.05, 4.69) is 30.1 Å². The van der Waals surface area contributed by atoms with Gasteiger partial charge in [0.1, 0.15) is 17.2 Å². The van der Waals surface area contributed by atoms with Crippen molar-refractivity contribution in [2.24, 2.45) is 0 Å². The van der Waals surface area contributed by atoms with Crippen molar-refractivity contribution in [3.63, 3.8) is 0 Å². The minimum atomic E-state index is -0.571. The number of hydrogen-bond donors (Lipinski definition) is 3. The number of aromatic nitrogens is 6. The Hall–Kier alpha value is -4.66. The lowest BCUT2D eigenvalue weighted by Gasteiger charge is -2.04. The summed E-state index contributed by atoms with van der Waals surface area (Å²) < 4.78 is 30.1. The van der Waals surface area contributed by atoms with Gasteiger partial charge in [0.2, 0.25) is 0 Å². The number of H-pyrrole nitrogens is 2. The summed E-state index contributed by atoms with van der Waals surface area (Å²) in [7, 11) is 0. The van der Waals surface area contributed by atoms with E-state index in [9.17, 15) is 4.39 Å². The van der Waals surface area contributed by atoms with Gasteiger partial charge in [-0.3, -0.25) is 15.1 Å². The summed E-state index contributed by atoms with van der Waals surface area (Å²) in [6.07, 6.45) is 4.47. The summed E-state index contributed by atoms with van der Waals surface area (Å²) in [6, 6.07) is 13.5. The maximum absolute atomic E-state index is 15.6. The smallest absolute Gasteiger partial charge is 0.161 e. The van der Waals surface area contributed by atoms with E-state index in [1.54, 1.807) is 30.3 Å². The minimum Gasteiger partial charge on any atom is -0.397 e. The molecule has 6 aromatic rings. The number of nitrogen functional groups attached to an aromatic ring is 1. The Bertz CT molecular complexity index is 1670. The summed E-state index contributed by atoms with van der Waals surface area (Å²) >= 11 is 0. The van der Waals surface area contributed by atoms with Crippen LogP contribution in [0.3, 0.4) is 0 Å². The van der Waals surface area contributed by atoms with Crippen molar-refractivity contribution in [3.05, 3.63) is 78.8 Å². The zero-order chi connectivity index (χ0) is 22.5. The summed E-state index contributed by atoms with van der Waals surface area (Å²) in [5.41, 5.74) is 9.76. The van der Waals surface area contributed by atoms with Crippen LogP contribution in [0.2, 0.25) is 0 Å². The average molecular weight is 439 g/mol. The van der Waals surface area contributed by atoms with Crippen molar-refractivity contribution in [2.75, 3.05) is 5.73 Å². The van der Waals surface area contributed by atoms with Crippen molar-refractivity contribution in [3.8, 4) is 33.9 Å². The van der Waals surface area contributed by atoms with Crippen LogP contribution < -0.4 is 5.73 Å². The maximum Gasteiger partial charge on any atom is 0.161 e. The first kappa shape index (κ1) is 19.1. The van der Waals surface area contributed by atoms with Crippen molar-refractivity contribution in [1.29, 1.82) is 0 Å². The topological polar surface area (TPSA) is 109 Å². The van der Waals surface area contributed by atoms with Crippen LogP contribution in [0, 0.1) is 11.6 Å². The number of nitrogens with zero attached hydrogens (tertiary/aromatic N) is 4. The van der Waals surface area contributed by atoms with Gasteiger partial charge in [-0.1, -0.05) is 30.3 Å². The van der Waals surface area contributed by atoms with Crippen LogP contribution in [-0.4, -0.2) is 30.1 Å². The van der Waals surface area contributed by atoms with Gasteiger partial charge in [0.15, 0.2) is 11.6 Å². The number of para-hydroxylation sites is 1. The van der Waals surface area contributed by atoms with Gasteiger partial charge >= 0.3 is 0 Å². The second-order valence-corrected chi connectivity index (χ2v) is 7.56. The fourth-order valence-corrected chi connectivity index (χ4v) is 3.98. The summed E-state index contributed by atoms with van der Waals surface area (Å²) in [4.78, 5) is 16.1. The van der Waals surface area contributed by atoms with Gasteiger partial charge in [0.05, 0.1) is 33.8 Å². The highest BCUT2D eigenvalue weighted by atomic mass is 19.1. The largest absolute Gasteiger partial charge is 0.397 e. The summed E-state index contributed by atoms with van der Waals surface area (Å²) in [5.74, 6) is -0.572. The predicted octanol–water partition coefficient (Wildman–Crippen LogP) is 5.09. The average Bonchev–Trinajstić information content (AvgIpc) is 3.44. The highest BCUT2D eigenvalue weighted by molar-refractivity contribution is 5.98. The molecule has 0 amide bonds. The maximum atomic E-state index is 15.6. The third kappa shape index (κ3) is 3.01. The van der Waals surface area contributed by atoms with Gasteiger partial charge in [-0.25, -0.2) is 13.8 Å². The molecule has 0 fully saturated rings. The van der Waals surface area contributed by atoms with Gasteiger partial charge < -0.3 is 10.7 Å². The molecule has 6 rings (SSSR count). The standard InChI is InChI=1S/C24H15F2N7/c25-16-6-2-1-4-14(16)15-5-3-7-17-22(15)31-24(30-17)23-19-18(32-33-23)11-29-21(20(19)26)12-8-13(27)10-28-9-12/h1-11H,27H2,(H,30,31)(H,32,33). The normalized spacial score (nSPS) is 11.5. The molecule has 0 atom stereocenters. The molecule has 0 unspecified atom stereocenters. The molecule has 0 aliphatic rings. The molecule has 160 valence electrons. The third-order valence-corrected chi connectivity index (χ3v) is 5.48. The monoisotopic (exact) mass is 439 g/mol. The highest BCUT2D eigenvalue weighted by Gasteiger charge is 2.21. The molecular weight excluding hydrogens is 424 g/mol. The molecule has 0 spiro atoms. The molecule has 7 nitrogen and oxygen atoms in total. The van der Waals surface area contributed by atoms with Crippen LogP contribution in [0.25, 0.3) is 55.8 Å². The molecule has 0 aliphatic carbocycles.